The average molecular weight is 344 g/mol. The molecule has 4 rings (SSSR count). The lowest BCUT2D eigenvalue weighted by molar-refractivity contribution is -0.152. The summed E-state index contributed by atoms with van der Waals surface area (Å²) in [5.41, 5.74) is 2.45. The summed E-state index contributed by atoms with van der Waals surface area (Å²) in [5.74, 6) is 1.08. The molecule has 0 unspecified atom stereocenters. The average Bonchev–Trinajstić information content (AvgIpc) is 2.86. The van der Waals surface area contributed by atoms with E-state index in [4.69, 9.17) is 4.74 Å². The fourth-order valence-electron chi connectivity index (χ4n) is 6.06. The van der Waals surface area contributed by atoms with Crippen LogP contribution in [0.15, 0.2) is 18.2 Å². The second kappa shape index (κ2) is 6.01. The summed E-state index contributed by atoms with van der Waals surface area (Å²) < 4.78 is 5.23. The molecule has 3 aliphatic carbocycles. The zero-order chi connectivity index (χ0) is 17.8. The van der Waals surface area contributed by atoms with E-state index in [9.17, 15) is 15.0 Å². The Morgan fingerprint density at radius 2 is 2.16 bits per heavy atom. The number of rotatable bonds is 2. The number of ether oxygens (including phenoxy) is 1. The Balaban J connectivity index is 1.64. The molecule has 0 heterocycles. The largest absolute Gasteiger partial charge is 0.508 e. The van der Waals surface area contributed by atoms with Crippen LogP contribution in [0.3, 0.4) is 0 Å². The molecule has 25 heavy (non-hydrogen) atoms. The fraction of sp³-hybridized carbons (Fsp3) is 0.667. The first-order valence-corrected chi connectivity index (χ1v) is 9.62. The van der Waals surface area contributed by atoms with Crippen molar-refractivity contribution in [1.82, 2.24) is 0 Å². The van der Waals surface area contributed by atoms with Gasteiger partial charge in [-0.2, -0.15) is 0 Å². The third-order valence-electron chi connectivity index (χ3n) is 7.30. The van der Waals surface area contributed by atoms with Gasteiger partial charge in [-0.05, 0) is 85.5 Å². The van der Waals surface area contributed by atoms with E-state index in [1.807, 2.05) is 13.0 Å². The highest BCUT2D eigenvalue weighted by molar-refractivity contribution is 5.74. The molecule has 0 aromatic heterocycles. The molecule has 2 N–H and O–H groups in total. The third kappa shape index (κ3) is 2.49. The molecule has 6 atom stereocenters. The van der Waals surface area contributed by atoms with Gasteiger partial charge in [0.15, 0.2) is 0 Å². The third-order valence-corrected chi connectivity index (χ3v) is 7.30. The molecule has 2 fully saturated rings. The highest BCUT2D eigenvalue weighted by atomic mass is 16.5. The first-order valence-electron chi connectivity index (χ1n) is 9.62. The van der Waals surface area contributed by atoms with Crippen LogP contribution in [0.2, 0.25) is 0 Å². The molecule has 0 aliphatic heterocycles. The van der Waals surface area contributed by atoms with Crippen LogP contribution in [-0.2, 0) is 16.0 Å². The number of carbonyl (C=O) groups excluding carboxylic acids is 1. The summed E-state index contributed by atoms with van der Waals surface area (Å²) in [6, 6.07) is 5.78. The Morgan fingerprint density at radius 3 is 2.92 bits per heavy atom. The van der Waals surface area contributed by atoms with Gasteiger partial charge in [-0.1, -0.05) is 13.0 Å². The number of hydrogen-bond acceptors (Lipinski definition) is 4. The van der Waals surface area contributed by atoms with Crippen LogP contribution in [0.25, 0.3) is 0 Å². The van der Waals surface area contributed by atoms with Gasteiger partial charge >= 0.3 is 5.97 Å². The van der Waals surface area contributed by atoms with Crippen molar-refractivity contribution in [3.05, 3.63) is 29.3 Å². The minimum Gasteiger partial charge on any atom is -0.508 e. The van der Waals surface area contributed by atoms with Crippen LogP contribution in [0, 0.1) is 23.2 Å². The smallest absolute Gasteiger partial charge is 0.311 e. The zero-order valence-electron chi connectivity index (χ0n) is 15.1. The van der Waals surface area contributed by atoms with Gasteiger partial charge in [-0.3, -0.25) is 4.79 Å². The Labute approximate surface area is 149 Å². The van der Waals surface area contributed by atoms with E-state index in [-0.39, 0.29) is 17.3 Å². The number of benzene rings is 1. The highest BCUT2D eigenvalue weighted by Gasteiger charge is 2.59. The number of aliphatic hydroxyl groups is 1. The summed E-state index contributed by atoms with van der Waals surface area (Å²) in [6.45, 7) is 4.36. The van der Waals surface area contributed by atoms with Crippen molar-refractivity contribution in [3.63, 3.8) is 0 Å². The number of carbonyl (C=O) groups is 1. The molecule has 0 amide bonds. The second-order valence-electron chi connectivity index (χ2n) is 8.38. The number of aryl methyl sites for hydroxylation is 1. The van der Waals surface area contributed by atoms with Gasteiger partial charge in [-0.15, -0.1) is 0 Å². The topological polar surface area (TPSA) is 66.8 Å². The maximum atomic E-state index is 12.3. The molecular weight excluding hydrogens is 316 g/mol. The van der Waals surface area contributed by atoms with Gasteiger partial charge in [0, 0.05) is 0 Å². The number of esters is 1. The van der Waals surface area contributed by atoms with Gasteiger partial charge in [-0.25, -0.2) is 0 Å². The molecule has 0 radical (unpaired) electrons. The summed E-state index contributed by atoms with van der Waals surface area (Å²) in [5, 5.41) is 20.7. The molecule has 0 bridgehead atoms. The minimum atomic E-state index is -0.598. The second-order valence-corrected chi connectivity index (χ2v) is 8.38. The molecule has 0 saturated heterocycles. The fourth-order valence-corrected chi connectivity index (χ4v) is 6.06. The van der Waals surface area contributed by atoms with Crippen molar-refractivity contribution < 1.29 is 19.7 Å². The Hall–Kier alpha value is -1.55. The number of phenolic OH excluding ortho intramolecular Hbond substituents is 1. The predicted molar refractivity (Wildman–Crippen MR) is 94.2 cm³/mol. The summed E-state index contributed by atoms with van der Waals surface area (Å²) in [7, 11) is 0. The highest BCUT2D eigenvalue weighted by Crippen LogP contribution is 2.62. The van der Waals surface area contributed by atoms with Gasteiger partial charge < -0.3 is 14.9 Å². The number of aliphatic hydroxyl groups excluding tert-OH is 1. The summed E-state index contributed by atoms with van der Waals surface area (Å²) >= 11 is 0. The van der Waals surface area contributed by atoms with E-state index in [2.05, 4.69) is 13.0 Å². The first-order chi connectivity index (χ1) is 12.0. The van der Waals surface area contributed by atoms with Crippen LogP contribution in [0.5, 0.6) is 5.75 Å². The standard InChI is InChI=1S/C21H28O4/c1-3-25-20(24)17-11-18-16-6-4-12-10-13(22)5-7-14(12)15(16)8-9-21(18,2)19(17)23/h5,7,10,15-19,22-23H,3-4,6,8-9,11H2,1-2H3/t15-,16-,17+,18+,19+,21+/m1/s1. The van der Waals surface area contributed by atoms with E-state index in [0.29, 0.717) is 30.1 Å². The SMILES string of the molecule is CCOC(=O)[C@H]1C[C@H]2[C@@H]3CCc4cc(O)ccc4[C@H]3CC[C@]2(C)[C@H]1O. The van der Waals surface area contributed by atoms with Gasteiger partial charge in [0.25, 0.3) is 0 Å². The van der Waals surface area contributed by atoms with E-state index in [0.717, 1.165) is 32.1 Å². The van der Waals surface area contributed by atoms with Crippen molar-refractivity contribution in [2.45, 2.75) is 58.0 Å². The molecule has 1 aromatic carbocycles. The molecule has 2 saturated carbocycles. The Kier molecular flexibility index (Phi) is 4.06. The van der Waals surface area contributed by atoms with E-state index in [1.54, 1.807) is 6.07 Å². The van der Waals surface area contributed by atoms with Crippen molar-refractivity contribution in [2.75, 3.05) is 6.61 Å². The Morgan fingerprint density at radius 1 is 1.36 bits per heavy atom. The first kappa shape index (κ1) is 16.9. The number of fused-ring (bicyclic) bond motifs is 5. The molecule has 4 heteroatoms. The monoisotopic (exact) mass is 344 g/mol. The van der Waals surface area contributed by atoms with E-state index >= 15 is 0 Å². The van der Waals surface area contributed by atoms with E-state index < -0.39 is 6.10 Å². The number of phenols is 1. The summed E-state index contributed by atoms with van der Waals surface area (Å²) in [4.78, 5) is 12.3. The molecule has 136 valence electrons. The molecule has 4 nitrogen and oxygen atoms in total. The van der Waals surface area contributed by atoms with E-state index in [1.165, 1.54) is 11.1 Å². The quantitative estimate of drug-likeness (QED) is 0.807. The lowest BCUT2D eigenvalue weighted by Crippen LogP contribution is -2.44. The van der Waals surface area contributed by atoms with Crippen molar-refractivity contribution in [1.29, 1.82) is 0 Å². The van der Waals surface area contributed by atoms with Crippen molar-refractivity contribution in [2.24, 2.45) is 23.2 Å². The zero-order valence-corrected chi connectivity index (χ0v) is 15.1. The lowest BCUT2D eigenvalue weighted by Gasteiger charge is -2.50. The molecule has 0 spiro atoms. The van der Waals surface area contributed by atoms with Gasteiger partial charge in [0.2, 0.25) is 0 Å². The molecular formula is C21H28O4. The van der Waals surface area contributed by atoms with Crippen LogP contribution < -0.4 is 0 Å². The molecule has 3 aliphatic rings. The van der Waals surface area contributed by atoms with Crippen LogP contribution >= 0.6 is 0 Å². The van der Waals surface area contributed by atoms with Crippen LogP contribution in [0.1, 0.15) is 56.6 Å². The minimum absolute atomic E-state index is 0.187. The van der Waals surface area contributed by atoms with Gasteiger partial charge in [0.1, 0.15) is 5.75 Å². The number of aromatic hydroxyl groups is 1. The van der Waals surface area contributed by atoms with Crippen LogP contribution in [-0.4, -0.2) is 28.9 Å². The summed E-state index contributed by atoms with van der Waals surface area (Å²) in [6.07, 6.45) is 4.17. The maximum Gasteiger partial charge on any atom is 0.311 e. The van der Waals surface area contributed by atoms with Crippen LogP contribution in [0.4, 0.5) is 0 Å². The van der Waals surface area contributed by atoms with Crippen molar-refractivity contribution >= 4 is 5.97 Å². The number of hydrogen-bond donors (Lipinski definition) is 2. The maximum absolute atomic E-state index is 12.3. The van der Waals surface area contributed by atoms with Gasteiger partial charge in [0.05, 0.1) is 18.6 Å². The lowest BCUT2D eigenvalue weighted by atomic mass is 9.55. The normalized spacial score (nSPS) is 39.2. The van der Waals surface area contributed by atoms with Crippen molar-refractivity contribution in [3.8, 4) is 5.75 Å². The molecule has 1 aromatic rings. The Bertz CT molecular complexity index is 684. The predicted octanol–water partition coefficient (Wildman–Crippen LogP) is 3.40.